The lowest BCUT2D eigenvalue weighted by atomic mass is 10.1. The molecule has 0 aliphatic carbocycles. The van der Waals surface area contributed by atoms with Crippen LogP contribution in [0.4, 0.5) is 0 Å². The number of nitrogens with zero attached hydrogens (tertiary/aromatic N) is 1. The van der Waals surface area contributed by atoms with Crippen molar-refractivity contribution in [3.63, 3.8) is 0 Å². The van der Waals surface area contributed by atoms with E-state index < -0.39 is 5.91 Å². The van der Waals surface area contributed by atoms with Crippen LogP contribution in [0.5, 0.6) is 0 Å². The molecule has 0 aliphatic heterocycles. The van der Waals surface area contributed by atoms with Crippen LogP contribution in [0.25, 0.3) is 6.08 Å². The Morgan fingerprint density at radius 2 is 1.80 bits per heavy atom. The molecule has 1 amide bonds. The van der Waals surface area contributed by atoms with Crippen molar-refractivity contribution in [3.8, 4) is 0 Å². The molecule has 0 bridgehead atoms. The first-order chi connectivity index (χ1) is 9.65. The van der Waals surface area contributed by atoms with Crippen LogP contribution >= 0.6 is 0 Å². The Hall–Kier alpha value is -1.61. The predicted octanol–water partition coefficient (Wildman–Crippen LogP) is 4.52. The van der Waals surface area contributed by atoms with Gasteiger partial charge in [-0.05, 0) is 30.5 Å². The van der Waals surface area contributed by atoms with E-state index in [0.717, 1.165) is 12.0 Å². The van der Waals surface area contributed by atoms with Crippen molar-refractivity contribution in [2.45, 2.75) is 45.4 Å². The van der Waals surface area contributed by atoms with Crippen molar-refractivity contribution < 1.29 is 10.0 Å². The van der Waals surface area contributed by atoms with Gasteiger partial charge in [0.2, 0.25) is 0 Å². The Kier molecular flexibility index (Phi) is 7.66. The molecule has 0 aliphatic rings. The van der Waals surface area contributed by atoms with E-state index in [2.05, 4.69) is 19.1 Å². The van der Waals surface area contributed by atoms with Gasteiger partial charge in [0, 0.05) is 12.6 Å². The molecule has 20 heavy (non-hydrogen) atoms. The Bertz CT molecular complexity index is 421. The largest absolute Gasteiger partial charge is 0.286 e. The monoisotopic (exact) mass is 275 g/mol. The summed E-state index contributed by atoms with van der Waals surface area (Å²) in [7, 11) is 1.33. The molecule has 0 spiro atoms. The second-order valence-corrected chi connectivity index (χ2v) is 5.06. The average molecular weight is 275 g/mol. The van der Waals surface area contributed by atoms with Crippen molar-refractivity contribution in [3.05, 3.63) is 41.5 Å². The van der Waals surface area contributed by atoms with Crippen LogP contribution < -0.4 is 0 Å². The maximum absolute atomic E-state index is 11.5. The van der Waals surface area contributed by atoms with Crippen LogP contribution in [0, 0.1) is 0 Å². The second kappa shape index (κ2) is 9.32. The zero-order valence-electron chi connectivity index (χ0n) is 12.5. The summed E-state index contributed by atoms with van der Waals surface area (Å²) in [4.78, 5) is 11.5. The molecule has 0 saturated heterocycles. The molecule has 1 aromatic carbocycles. The second-order valence-electron chi connectivity index (χ2n) is 5.06. The first-order valence-corrected chi connectivity index (χ1v) is 7.38. The highest BCUT2D eigenvalue weighted by Gasteiger charge is 2.07. The fraction of sp³-hybridized carbons (Fsp3) is 0.471. The lowest BCUT2D eigenvalue weighted by Crippen LogP contribution is -2.22. The zero-order valence-corrected chi connectivity index (χ0v) is 12.5. The van der Waals surface area contributed by atoms with Crippen LogP contribution in [-0.2, 0) is 0 Å². The van der Waals surface area contributed by atoms with Crippen LogP contribution in [0.15, 0.2) is 30.3 Å². The number of carbonyl (C=O) groups is 1. The molecule has 0 radical (unpaired) electrons. The summed E-state index contributed by atoms with van der Waals surface area (Å²) in [5, 5.41) is 9.67. The Morgan fingerprint density at radius 1 is 1.15 bits per heavy atom. The molecule has 0 fully saturated rings. The zero-order chi connectivity index (χ0) is 14.8. The van der Waals surface area contributed by atoms with E-state index in [4.69, 9.17) is 5.21 Å². The molecule has 0 heterocycles. The number of hydrogen-bond acceptors (Lipinski definition) is 2. The summed E-state index contributed by atoms with van der Waals surface area (Å²) in [5.74, 6) is -0.392. The summed E-state index contributed by atoms with van der Waals surface area (Å²) in [6.45, 7) is 2.23. The van der Waals surface area contributed by atoms with E-state index >= 15 is 0 Å². The number of hydroxylamine groups is 2. The van der Waals surface area contributed by atoms with Gasteiger partial charge in [-0.25, -0.2) is 5.06 Å². The summed E-state index contributed by atoms with van der Waals surface area (Å²) in [6, 6.07) is 7.25. The number of hydrogen-bond donors (Lipinski definition) is 1. The van der Waals surface area contributed by atoms with Crippen LogP contribution in [0.3, 0.4) is 0 Å². The molecular formula is C17H25NO2. The minimum atomic E-state index is -0.392. The van der Waals surface area contributed by atoms with Gasteiger partial charge >= 0.3 is 0 Å². The molecule has 1 aromatic rings. The standard InChI is InChI=1S/C17H25NO2/c1-3-4-5-6-7-8-9-10-15-11-13-16(14-12-15)17(19)18(2)20/h9-14,20H,3-8H2,1-2H3. The van der Waals surface area contributed by atoms with Crippen LogP contribution in [0.1, 0.15) is 61.4 Å². The van der Waals surface area contributed by atoms with Gasteiger partial charge in [0.05, 0.1) is 0 Å². The molecule has 3 heteroatoms. The quantitative estimate of drug-likeness (QED) is 0.430. The van der Waals surface area contributed by atoms with E-state index in [9.17, 15) is 4.79 Å². The van der Waals surface area contributed by atoms with Gasteiger partial charge in [0.15, 0.2) is 0 Å². The van der Waals surface area contributed by atoms with Gasteiger partial charge in [-0.3, -0.25) is 10.0 Å². The maximum Gasteiger partial charge on any atom is 0.276 e. The Labute approximate surface area is 121 Å². The Morgan fingerprint density at radius 3 is 2.40 bits per heavy atom. The van der Waals surface area contributed by atoms with E-state index in [1.807, 2.05) is 12.1 Å². The fourth-order valence-corrected chi connectivity index (χ4v) is 2.01. The number of carbonyl (C=O) groups excluding carboxylic acids is 1. The predicted molar refractivity (Wildman–Crippen MR) is 82.7 cm³/mol. The number of benzene rings is 1. The maximum atomic E-state index is 11.5. The van der Waals surface area contributed by atoms with Crippen molar-refractivity contribution in [2.24, 2.45) is 0 Å². The molecule has 1 N–H and O–H groups in total. The van der Waals surface area contributed by atoms with Crippen molar-refractivity contribution in [1.29, 1.82) is 0 Å². The summed E-state index contributed by atoms with van der Waals surface area (Å²) in [6.07, 6.45) is 11.8. The third-order valence-electron chi connectivity index (χ3n) is 3.24. The van der Waals surface area contributed by atoms with E-state index in [-0.39, 0.29) is 0 Å². The first-order valence-electron chi connectivity index (χ1n) is 7.38. The van der Waals surface area contributed by atoms with E-state index in [1.54, 1.807) is 12.1 Å². The van der Waals surface area contributed by atoms with Gasteiger partial charge in [-0.2, -0.15) is 0 Å². The smallest absolute Gasteiger partial charge is 0.276 e. The molecule has 0 unspecified atom stereocenters. The molecule has 0 atom stereocenters. The van der Waals surface area contributed by atoms with E-state index in [1.165, 1.54) is 39.2 Å². The lowest BCUT2D eigenvalue weighted by Gasteiger charge is -2.07. The van der Waals surface area contributed by atoms with Crippen molar-refractivity contribution >= 4 is 12.0 Å². The summed E-state index contributed by atoms with van der Waals surface area (Å²) in [5.41, 5.74) is 1.57. The lowest BCUT2D eigenvalue weighted by molar-refractivity contribution is -0.0374. The van der Waals surface area contributed by atoms with Gasteiger partial charge < -0.3 is 0 Å². The highest BCUT2D eigenvalue weighted by atomic mass is 16.5. The van der Waals surface area contributed by atoms with Crippen LogP contribution in [0.2, 0.25) is 0 Å². The molecule has 1 rings (SSSR count). The number of rotatable bonds is 8. The van der Waals surface area contributed by atoms with E-state index in [0.29, 0.717) is 10.6 Å². The molecule has 110 valence electrons. The molecular weight excluding hydrogens is 250 g/mol. The number of amides is 1. The highest BCUT2D eigenvalue weighted by molar-refractivity contribution is 5.93. The average Bonchev–Trinajstić information content (AvgIpc) is 2.46. The molecule has 0 saturated carbocycles. The number of unbranched alkanes of at least 4 members (excludes halogenated alkanes) is 5. The van der Waals surface area contributed by atoms with Gasteiger partial charge in [0.1, 0.15) is 0 Å². The Balaban J connectivity index is 2.36. The minimum Gasteiger partial charge on any atom is -0.286 e. The number of allylic oxidation sites excluding steroid dienone is 1. The first kappa shape index (κ1) is 16.4. The molecule has 3 nitrogen and oxygen atoms in total. The highest BCUT2D eigenvalue weighted by Crippen LogP contribution is 2.10. The summed E-state index contributed by atoms with van der Waals surface area (Å²) < 4.78 is 0. The van der Waals surface area contributed by atoms with Crippen LogP contribution in [-0.4, -0.2) is 23.2 Å². The van der Waals surface area contributed by atoms with Gasteiger partial charge in [0.25, 0.3) is 5.91 Å². The van der Waals surface area contributed by atoms with Crippen molar-refractivity contribution in [2.75, 3.05) is 7.05 Å². The normalized spacial score (nSPS) is 10.9. The summed E-state index contributed by atoms with van der Waals surface area (Å²) >= 11 is 0. The minimum absolute atomic E-state index is 0.392. The third-order valence-corrected chi connectivity index (χ3v) is 3.24. The van der Waals surface area contributed by atoms with Gasteiger partial charge in [-0.15, -0.1) is 0 Å². The van der Waals surface area contributed by atoms with Crippen molar-refractivity contribution in [1.82, 2.24) is 5.06 Å². The van der Waals surface area contributed by atoms with Gasteiger partial charge in [-0.1, -0.05) is 56.9 Å². The topological polar surface area (TPSA) is 40.5 Å². The molecule has 0 aromatic heterocycles. The fourth-order valence-electron chi connectivity index (χ4n) is 2.01. The third kappa shape index (κ3) is 6.02. The SMILES string of the molecule is CCCCCCCC=Cc1ccc(C(=O)N(C)O)cc1.